The molecule has 6 heteroatoms. The average Bonchev–Trinajstić information content (AvgIpc) is 2.59. The Morgan fingerprint density at radius 1 is 1.08 bits per heavy atom. The number of aryl methyl sites for hydroxylation is 1. The summed E-state index contributed by atoms with van der Waals surface area (Å²) in [6.45, 7) is 2.50. The smallest absolute Gasteiger partial charge is 0.257 e. The molecule has 0 aliphatic heterocycles. The summed E-state index contributed by atoms with van der Waals surface area (Å²) in [5.41, 5.74) is 6.57. The number of carbonyl (C=O) groups is 2. The van der Waals surface area contributed by atoms with Crippen LogP contribution < -0.4 is 15.2 Å². The number of amides is 2. The largest absolute Gasteiger partial charge is 0.492 e. The normalized spacial score (nSPS) is 10.2. The Kier molecular flexibility index (Phi) is 6.39. The van der Waals surface area contributed by atoms with Gasteiger partial charge in [0.15, 0.2) is 6.61 Å². The minimum Gasteiger partial charge on any atom is -0.492 e. The highest BCUT2D eigenvalue weighted by atomic mass is 16.5. The van der Waals surface area contributed by atoms with Crippen LogP contribution in [0.1, 0.15) is 15.9 Å². The van der Waals surface area contributed by atoms with E-state index in [2.05, 4.69) is 0 Å². The van der Waals surface area contributed by atoms with Gasteiger partial charge in [-0.3, -0.25) is 9.59 Å². The number of nitrogens with zero attached hydrogens (tertiary/aromatic N) is 1. The Balaban J connectivity index is 1.94. The molecule has 2 aromatic rings. The molecule has 0 unspecified atom stereocenters. The van der Waals surface area contributed by atoms with Crippen LogP contribution in [0.2, 0.25) is 0 Å². The minimum absolute atomic E-state index is 0.215. The Labute approximate surface area is 147 Å². The van der Waals surface area contributed by atoms with E-state index in [1.165, 1.54) is 0 Å². The van der Waals surface area contributed by atoms with Gasteiger partial charge in [-0.2, -0.15) is 0 Å². The molecule has 0 spiro atoms. The first-order valence-corrected chi connectivity index (χ1v) is 7.92. The van der Waals surface area contributed by atoms with Gasteiger partial charge in [-0.1, -0.05) is 24.3 Å². The van der Waals surface area contributed by atoms with Crippen LogP contribution in [0.3, 0.4) is 0 Å². The van der Waals surface area contributed by atoms with Crippen LogP contribution in [0.15, 0.2) is 48.5 Å². The molecule has 0 atom stereocenters. The Hall–Kier alpha value is -3.02. The fourth-order valence-corrected chi connectivity index (χ4v) is 2.23. The van der Waals surface area contributed by atoms with Gasteiger partial charge in [-0.25, -0.2) is 0 Å². The topological polar surface area (TPSA) is 81.9 Å². The molecule has 0 bridgehead atoms. The standard InChI is InChI=1S/C19H22N2O4/c1-14-6-5-7-15(12-14)24-11-10-21(2)19(23)16-8-3-4-9-17(16)25-13-18(20)22/h3-9,12H,10-11,13H2,1-2H3,(H2,20,22). The van der Waals surface area contributed by atoms with Crippen molar-refractivity contribution in [3.05, 3.63) is 59.7 Å². The van der Waals surface area contributed by atoms with Gasteiger partial charge in [-0.05, 0) is 36.8 Å². The number of benzene rings is 2. The number of primary amides is 1. The Morgan fingerprint density at radius 3 is 2.56 bits per heavy atom. The number of para-hydroxylation sites is 1. The zero-order valence-corrected chi connectivity index (χ0v) is 14.4. The number of nitrogens with two attached hydrogens (primary N) is 1. The first-order chi connectivity index (χ1) is 12.0. The van der Waals surface area contributed by atoms with Gasteiger partial charge in [0.2, 0.25) is 0 Å². The lowest BCUT2D eigenvalue weighted by molar-refractivity contribution is -0.119. The van der Waals surface area contributed by atoms with Gasteiger partial charge in [0.25, 0.3) is 11.8 Å². The van der Waals surface area contributed by atoms with Gasteiger partial charge >= 0.3 is 0 Å². The van der Waals surface area contributed by atoms with Crippen molar-refractivity contribution in [1.82, 2.24) is 4.90 Å². The predicted molar refractivity (Wildman–Crippen MR) is 94.8 cm³/mol. The molecule has 2 amide bonds. The fraction of sp³-hybridized carbons (Fsp3) is 0.263. The maximum absolute atomic E-state index is 12.6. The molecule has 0 aliphatic rings. The highest BCUT2D eigenvalue weighted by molar-refractivity contribution is 5.96. The monoisotopic (exact) mass is 342 g/mol. The fourth-order valence-electron chi connectivity index (χ4n) is 2.23. The summed E-state index contributed by atoms with van der Waals surface area (Å²) in [5.74, 6) is 0.291. The first kappa shape index (κ1) is 18.3. The summed E-state index contributed by atoms with van der Waals surface area (Å²) in [5, 5.41) is 0. The number of likely N-dealkylation sites (N-methyl/N-ethyl adjacent to an activating group) is 1. The molecule has 0 saturated carbocycles. The van der Waals surface area contributed by atoms with Crippen molar-refractivity contribution >= 4 is 11.8 Å². The summed E-state index contributed by atoms with van der Waals surface area (Å²) in [4.78, 5) is 25.0. The van der Waals surface area contributed by atoms with Crippen LogP contribution in [0.5, 0.6) is 11.5 Å². The average molecular weight is 342 g/mol. The molecule has 0 aromatic heterocycles. The first-order valence-electron chi connectivity index (χ1n) is 7.92. The number of ether oxygens (including phenoxy) is 2. The van der Waals surface area contributed by atoms with Crippen LogP contribution >= 0.6 is 0 Å². The second kappa shape index (κ2) is 8.73. The maximum Gasteiger partial charge on any atom is 0.257 e. The summed E-state index contributed by atoms with van der Waals surface area (Å²) in [6.07, 6.45) is 0. The second-order valence-electron chi connectivity index (χ2n) is 5.64. The molecular weight excluding hydrogens is 320 g/mol. The number of rotatable bonds is 8. The van der Waals surface area contributed by atoms with E-state index in [1.54, 1.807) is 36.2 Å². The lowest BCUT2D eigenvalue weighted by Gasteiger charge is -2.19. The van der Waals surface area contributed by atoms with Crippen molar-refractivity contribution in [2.75, 3.05) is 26.8 Å². The molecule has 0 aliphatic carbocycles. The molecule has 132 valence electrons. The van der Waals surface area contributed by atoms with Crippen molar-refractivity contribution in [3.63, 3.8) is 0 Å². The summed E-state index contributed by atoms with van der Waals surface area (Å²) < 4.78 is 11.0. The molecule has 0 radical (unpaired) electrons. The zero-order chi connectivity index (χ0) is 18.2. The SMILES string of the molecule is Cc1cccc(OCCN(C)C(=O)c2ccccc2OCC(N)=O)c1. The molecule has 2 N–H and O–H groups in total. The van der Waals surface area contributed by atoms with Crippen LogP contribution in [0, 0.1) is 6.92 Å². The molecule has 0 saturated heterocycles. The van der Waals surface area contributed by atoms with Crippen molar-refractivity contribution in [2.24, 2.45) is 5.73 Å². The highest BCUT2D eigenvalue weighted by Crippen LogP contribution is 2.19. The quantitative estimate of drug-likeness (QED) is 0.795. The van der Waals surface area contributed by atoms with Crippen LogP contribution in [0.25, 0.3) is 0 Å². The van der Waals surface area contributed by atoms with E-state index >= 15 is 0 Å². The minimum atomic E-state index is -0.595. The van der Waals surface area contributed by atoms with Crippen molar-refractivity contribution < 1.29 is 19.1 Å². The molecular formula is C19H22N2O4. The summed E-state index contributed by atoms with van der Waals surface area (Å²) in [7, 11) is 1.69. The van der Waals surface area contributed by atoms with Crippen LogP contribution in [-0.4, -0.2) is 43.5 Å². The van der Waals surface area contributed by atoms with Gasteiger partial charge in [0.1, 0.15) is 18.1 Å². The number of hydrogen-bond donors (Lipinski definition) is 1. The zero-order valence-electron chi connectivity index (χ0n) is 14.4. The third-order valence-corrected chi connectivity index (χ3v) is 3.52. The maximum atomic E-state index is 12.6. The van der Waals surface area contributed by atoms with E-state index in [1.807, 2.05) is 31.2 Å². The van der Waals surface area contributed by atoms with E-state index in [-0.39, 0.29) is 12.5 Å². The highest BCUT2D eigenvalue weighted by Gasteiger charge is 2.17. The lowest BCUT2D eigenvalue weighted by Crippen LogP contribution is -2.31. The van der Waals surface area contributed by atoms with Crippen molar-refractivity contribution in [3.8, 4) is 11.5 Å². The second-order valence-corrected chi connectivity index (χ2v) is 5.64. The van der Waals surface area contributed by atoms with E-state index in [0.29, 0.717) is 24.5 Å². The number of hydrogen-bond acceptors (Lipinski definition) is 4. The summed E-state index contributed by atoms with van der Waals surface area (Å²) >= 11 is 0. The van der Waals surface area contributed by atoms with E-state index in [4.69, 9.17) is 15.2 Å². The molecule has 0 heterocycles. The molecule has 0 fully saturated rings. The van der Waals surface area contributed by atoms with E-state index in [9.17, 15) is 9.59 Å². The third kappa shape index (κ3) is 5.53. The number of carbonyl (C=O) groups excluding carboxylic acids is 2. The van der Waals surface area contributed by atoms with E-state index in [0.717, 1.165) is 11.3 Å². The summed E-state index contributed by atoms with van der Waals surface area (Å²) in [6, 6.07) is 14.5. The van der Waals surface area contributed by atoms with E-state index < -0.39 is 5.91 Å². The molecule has 2 aromatic carbocycles. The molecule has 25 heavy (non-hydrogen) atoms. The van der Waals surface area contributed by atoms with Gasteiger partial charge in [-0.15, -0.1) is 0 Å². The van der Waals surface area contributed by atoms with Gasteiger partial charge in [0, 0.05) is 7.05 Å². The van der Waals surface area contributed by atoms with Gasteiger partial charge in [0.05, 0.1) is 12.1 Å². The van der Waals surface area contributed by atoms with Crippen molar-refractivity contribution in [2.45, 2.75) is 6.92 Å². The third-order valence-electron chi connectivity index (χ3n) is 3.52. The Bertz CT molecular complexity index is 746. The lowest BCUT2D eigenvalue weighted by atomic mass is 10.2. The van der Waals surface area contributed by atoms with Gasteiger partial charge < -0.3 is 20.1 Å². The van der Waals surface area contributed by atoms with Crippen LogP contribution in [0.4, 0.5) is 0 Å². The molecule has 6 nitrogen and oxygen atoms in total. The van der Waals surface area contributed by atoms with Crippen molar-refractivity contribution in [1.29, 1.82) is 0 Å². The Morgan fingerprint density at radius 2 is 1.84 bits per heavy atom. The molecule has 2 rings (SSSR count). The van der Waals surface area contributed by atoms with Crippen LogP contribution in [-0.2, 0) is 4.79 Å². The predicted octanol–water partition coefficient (Wildman–Crippen LogP) is 2.01.